The lowest BCUT2D eigenvalue weighted by Gasteiger charge is -2.06. The second kappa shape index (κ2) is 7.43. The summed E-state index contributed by atoms with van der Waals surface area (Å²) in [4.78, 5) is 41.2. The van der Waals surface area contributed by atoms with Gasteiger partial charge < -0.3 is 4.74 Å². The number of carbonyl (C=O) groups excluding carboxylic acids is 1. The van der Waals surface area contributed by atoms with E-state index in [1.807, 2.05) is 12.1 Å². The number of benzene rings is 2. The molecule has 0 unspecified atom stereocenters. The van der Waals surface area contributed by atoms with E-state index in [0.717, 1.165) is 4.68 Å². The number of aromatic amines is 2. The molecule has 0 radical (unpaired) electrons. The van der Waals surface area contributed by atoms with Crippen molar-refractivity contribution in [2.24, 2.45) is 0 Å². The predicted molar refractivity (Wildman–Crippen MR) is 106 cm³/mol. The summed E-state index contributed by atoms with van der Waals surface area (Å²) in [7, 11) is 1.54. The highest BCUT2D eigenvalue weighted by atomic mass is 16.5. The summed E-state index contributed by atoms with van der Waals surface area (Å²) in [6.07, 6.45) is 0. The molecule has 10 nitrogen and oxygen atoms in total. The minimum Gasteiger partial charge on any atom is -0.496 e. The maximum atomic E-state index is 12.5. The molecule has 1 amide bonds. The average molecular weight is 392 g/mol. The van der Waals surface area contributed by atoms with Crippen LogP contribution >= 0.6 is 0 Å². The number of ether oxygens (including phenoxy) is 1. The lowest BCUT2D eigenvalue weighted by atomic mass is 10.2. The van der Waals surface area contributed by atoms with Crippen molar-refractivity contribution >= 4 is 22.6 Å². The molecule has 0 aliphatic carbocycles. The molecule has 4 aromatic rings. The van der Waals surface area contributed by atoms with Crippen molar-refractivity contribution in [3.05, 3.63) is 69.2 Å². The van der Waals surface area contributed by atoms with E-state index in [-0.39, 0.29) is 16.7 Å². The van der Waals surface area contributed by atoms with E-state index in [1.54, 1.807) is 37.4 Å². The first-order chi connectivity index (χ1) is 14.1. The Labute approximate surface area is 163 Å². The standard InChI is InChI=1S/C19H16N6O4/c1-29-14-9-5-4-8-13(14)16-21-19(23-22-16)20-15(26)10-25-18(28)12-7-3-2-6-11(12)17(27)24-25/h2-9H,10H2,1H3,(H,24,27)(H2,20,21,22,23,26). The van der Waals surface area contributed by atoms with Gasteiger partial charge in [0.05, 0.1) is 23.4 Å². The summed E-state index contributed by atoms with van der Waals surface area (Å²) in [5, 5.41) is 12.1. The van der Waals surface area contributed by atoms with Crippen molar-refractivity contribution in [1.29, 1.82) is 0 Å². The quantitative estimate of drug-likeness (QED) is 0.466. The van der Waals surface area contributed by atoms with E-state index in [1.165, 1.54) is 6.07 Å². The molecular formula is C19H16N6O4. The van der Waals surface area contributed by atoms with Crippen molar-refractivity contribution in [3.8, 4) is 17.1 Å². The van der Waals surface area contributed by atoms with Crippen LogP contribution in [0.1, 0.15) is 0 Å². The average Bonchev–Trinajstić information content (AvgIpc) is 3.20. The third kappa shape index (κ3) is 3.50. The fourth-order valence-electron chi connectivity index (χ4n) is 2.94. The molecule has 4 rings (SSSR count). The topological polar surface area (TPSA) is 135 Å². The summed E-state index contributed by atoms with van der Waals surface area (Å²) >= 11 is 0. The molecule has 2 heterocycles. The number of rotatable bonds is 5. The van der Waals surface area contributed by atoms with Gasteiger partial charge in [0.1, 0.15) is 12.3 Å². The van der Waals surface area contributed by atoms with Crippen LogP contribution in [0.2, 0.25) is 0 Å². The lowest BCUT2D eigenvalue weighted by Crippen LogP contribution is -2.34. The zero-order chi connectivity index (χ0) is 20.4. The minimum atomic E-state index is -0.566. The summed E-state index contributed by atoms with van der Waals surface area (Å²) in [6, 6.07) is 13.6. The number of methoxy groups -OCH3 is 1. The van der Waals surface area contributed by atoms with E-state index in [0.29, 0.717) is 17.1 Å². The molecule has 0 atom stereocenters. The van der Waals surface area contributed by atoms with Gasteiger partial charge in [-0.05, 0) is 24.3 Å². The molecule has 0 aliphatic rings. The molecule has 10 heteroatoms. The fourth-order valence-corrected chi connectivity index (χ4v) is 2.94. The monoisotopic (exact) mass is 392 g/mol. The van der Waals surface area contributed by atoms with Crippen molar-refractivity contribution in [2.75, 3.05) is 12.4 Å². The van der Waals surface area contributed by atoms with Crippen LogP contribution in [-0.4, -0.2) is 38.0 Å². The number of nitrogens with zero attached hydrogens (tertiary/aromatic N) is 3. The molecule has 0 spiro atoms. The molecule has 2 aromatic heterocycles. The zero-order valence-electron chi connectivity index (χ0n) is 15.3. The number of para-hydroxylation sites is 1. The highest BCUT2D eigenvalue weighted by Gasteiger charge is 2.14. The second-order valence-electron chi connectivity index (χ2n) is 6.13. The SMILES string of the molecule is COc1ccccc1-c1nc(NC(=O)Cn2[nH]c(=O)c3ccccc3c2=O)n[nH]1. The Bertz CT molecular complexity index is 1320. The van der Waals surface area contributed by atoms with Gasteiger partial charge in [0.25, 0.3) is 11.1 Å². The summed E-state index contributed by atoms with van der Waals surface area (Å²) < 4.78 is 6.23. The Kier molecular flexibility index (Phi) is 4.65. The minimum absolute atomic E-state index is 0.0343. The normalized spacial score (nSPS) is 10.8. The van der Waals surface area contributed by atoms with Crippen molar-refractivity contribution in [2.45, 2.75) is 6.54 Å². The maximum absolute atomic E-state index is 12.5. The van der Waals surface area contributed by atoms with E-state index in [2.05, 4.69) is 25.6 Å². The van der Waals surface area contributed by atoms with Crippen LogP contribution in [0.15, 0.2) is 58.1 Å². The van der Waals surface area contributed by atoms with Gasteiger partial charge in [-0.3, -0.25) is 29.9 Å². The number of hydrogen-bond acceptors (Lipinski definition) is 6. The molecule has 0 fully saturated rings. The lowest BCUT2D eigenvalue weighted by molar-refractivity contribution is -0.117. The van der Waals surface area contributed by atoms with E-state index in [4.69, 9.17) is 4.74 Å². The number of hydrogen-bond donors (Lipinski definition) is 3. The summed E-state index contributed by atoms with van der Waals surface area (Å²) in [5.41, 5.74) is -0.248. The molecule has 0 saturated heterocycles. The number of H-pyrrole nitrogens is 2. The van der Waals surface area contributed by atoms with Crippen LogP contribution in [0.25, 0.3) is 22.2 Å². The van der Waals surface area contributed by atoms with Gasteiger partial charge in [-0.15, -0.1) is 5.10 Å². The second-order valence-corrected chi connectivity index (χ2v) is 6.13. The van der Waals surface area contributed by atoms with Gasteiger partial charge in [0, 0.05) is 0 Å². The molecule has 146 valence electrons. The molecule has 29 heavy (non-hydrogen) atoms. The van der Waals surface area contributed by atoms with E-state index < -0.39 is 23.6 Å². The van der Waals surface area contributed by atoms with Gasteiger partial charge in [-0.25, -0.2) is 4.68 Å². The van der Waals surface area contributed by atoms with Gasteiger partial charge in [-0.1, -0.05) is 24.3 Å². The Morgan fingerprint density at radius 1 is 1.10 bits per heavy atom. The molecule has 2 aromatic carbocycles. The van der Waals surface area contributed by atoms with Gasteiger partial charge in [0.2, 0.25) is 11.9 Å². The smallest absolute Gasteiger partial charge is 0.273 e. The van der Waals surface area contributed by atoms with Crippen molar-refractivity contribution in [3.63, 3.8) is 0 Å². The Hall–Kier alpha value is -4.21. The first-order valence-corrected chi connectivity index (χ1v) is 8.64. The Morgan fingerprint density at radius 3 is 2.62 bits per heavy atom. The highest BCUT2D eigenvalue weighted by Crippen LogP contribution is 2.26. The number of carbonyl (C=O) groups is 1. The molecule has 0 aliphatic heterocycles. The third-order valence-electron chi connectivity index (χ3n) is 4.28. The molecule has 0 saturated carbocycles. The first kappa shape index (κ1) is 18.2. The molecular weight excluding hydrogens is 376 g/mol. The van der Waals surface area contributed by atoms with Crippen LogP contribution < -0.4 is 21.2 Å². The third-order valence-corrected chi connectivity index (χ3v) is 4.28. The Balaban J connectivity index is 1.55. The van der Waals surface area contributed by atoms with E-state index in [9.17, 15) is 14.4 Å². The predicted octanol–water partition coefficient (Wildman–Crippen LogP) is 1.12. The van der Waals surface area contributed by atoms with Crippen LogP contribution in [-0.2, 0) is 11.3 Å². The van der Waals surface area contributed by atoms with Crippen molar-refractivity contribution < 1.29 is 9.53 Å². The first-order valence-electron chi connectivity index (χ1n) is 8.64. The van der Waals surface area contributed by atoms with Gasteiger partial charge in [0.15, 0.2) is 5.82 Å². The zero-order valence-corrected chi connectivity index (χ0v) is 15.3. The van der Waals surface area contributed by atoms with Crippen LogP contribution in [0.5, 0.6) is 5.75 Å². The van der Waals surface area contributed by atoms with Crippen molar-refractivity contribution in [1.82, 2.24) is 25.0 Å². The molecule has 0 bridgehead atoms. The Morgan fingerprint density at radius 2 is 1.83 bits per heavy atom. The van der Waals surface area contributed by atoms with Gasteiger partial charge in [-0.2, -0.15) is 4.98 Å². The number of aromatic nitrogens is 5. The highest BCUT2D eigenvalue weighted by molar-refractivity contribution is 5.89. The number of fused-ring (bicyclic) bond motifs is 1. The van der Waals surface area contributed by atoms with Crippen LogP contribution in [0, 0.1) is 0 Å². The van der Waals surface area contributed by atoms with Crippen LogP contribution in [0.4, 0.5) is 5.95 Å². The van der Waals surface area contributed by atoms with Crippen LogP contribution in [0.3, 0.4) is 0 Å². The number of nitrogens with one attached hydrogen (secondary N) is 3. The fraction of sp³-hybridized carbons (Fsp3) is 0.105. The number of anilines is 1. The van der Waals surface area contributed by atoms with Gasteiger partial charge >= 0.3 is 0 Å². The molecule has 3 N–H and O–H groups in total. The van der Waals surface area contributed by atoms with E-state index >= 15 is 0 Å². The maximum Gasteiger partial charge on any atom is 0.273 e. The summed E-state index contributed by atoms with van der Waals surface area (Å²) in [6.45, 7) is -0.391. The summed E-state index contributed by atoms with van der Waals surface area (Å²) in [5.74, 6) is 0.478. The largest absolute Gasteiger partial charge is 0.496 e. The number of amides is 1.